The first kappa shape index (κ1) is 25.7. The lowest BCUT2D eigenvalue weighted by Crippen LogP contribution is -2.32. The minimum absolute atomic E-state index is 0.126. The molecule has 1 N–H and O–H groups in total. The van der Waals surface area contributed by atoms with Crippen molar-refractivity contribution in [2.24, 2.45) is 0 Å². The topological polar surface area (TPSA) is 88.6 Å². The molecule has 4 aromatic rings. The van der Waals surface area contributed by atoms with E-state index in [-0.39, 0.29) is 22.9 Å². The molecular weight excluding hydrogens is 554 g/mol. The molecule has 1 aromatic carbocycles. The van der Waals surface area contributed by atoms with Crippen LogP contribution in [0, 0.1) is 0 Å². The Morgan fingerprint density at radius 1 is 1.05 bits per heavy atom. The van der Waals surface area contributed by atoms with Crippen LogP contribution in [-0.2, 0) is 24.0 Å². The van der Waals surface area contributed by atoms with Crippen LogP contribution in [-0.4, -0.2) is 35.9 Å². The fraction of sp³-hybridized carbons (Fsp3) is 0.241. The van der Waals surface area contributed by atoms with E-state index < -0.39 is 0 Å². The number of benzene rings is 1. The Hall–Kier alpha value is -3.53. The molecule has 4 heterocycles. The van der Waals surface area contributed by atoms with Crippen molar-refractivity contribution < 1.29 is 19.1 Å². The smallest absolute Gasteiger partial charge is 0.348 e. The molecule has 1 aliphatic carbocycles. The molecule has 10 heteroatoms. The maximum absolute atomic E-state index is 13.6. The monoisotopic (exact) mass is 577 g/mol. The number of carbonyl (C=O) groups is 3. The van der Waals surface area contributed by atoms with Crippen molar-refractivity contribution in [3.8, 4) is 9.75 Å². The van der Waals surface area contributed by atoms with Gasteiger partial charge in [0.05, 0.1) is 27.6 Å². The van der Waals surface area contributed by atoms with Crippen LogP contribution in [0.5, 0.6) is 0 Å². The van der Waals surface area contributed by atoms with Gasteiger partial charge in [0.25, 0.3) is 11.8 Å². The molecule has 198 valence electrons. The molecule has 7 nitrogen and oxygen atoms in total. The molecule has 0 unspecified atom stereocenters. The van der Waals surface area contributed by atoms with Gasteiger partial charge in [0, 0.05) is 23.5 Å². The molecule has 0 spiro atoms. The highest BCUT2D eigenvalue weighted by Crippen LogP contribution is 2.45. The van der Waals surface area contributed by atoms with Crippen molar-refractivity contribution in [2.45, 2.75) is 32.6 Å². The highest BCUT2D eigenvalue weighted by molar-refractivity contribution is 7.23. The number of nitrogens with zero attached hydrogens (tertiary/aromatic N) is 2. The molecule has 6 rings (SSSR count). The molecule has 3 aromatic heterocycles. The van der Waals surface area contributed by atoms with Gasteiger partial charge in [-0.3, -0.25) is 9.59 Å². The molecule has 0 radical (unpaired) electrons. The van der Waals surface area contributed by atoms with E-state index in [0.717, 1.165) is 51.5 Å². The number of anilines is 2. The van der Waals surface area contributed by atoms with Crippen molar-refractivity contribution in [3.05, 3.63) is 85.8 Å². The first-order chi connectivity index (χ1) is 18.9. The molecule has 0 bridgehead atoms. The first-order valence-corrected chi connectivity index (χ1v) is 14.8. The Morgan fingerprint density at radius 2 is 1.87 bits per heavy atom. The van der Waals surface area contributed by atoms with Crippen molar-refractivity contribution in [1.82, 2.24) is 4.98 Å². The van der Waals surface area contributed by atoms with Gasteiger partial charge in [-0.25, -0.2) is 9.78 Å². The first-order valence-electron chi connectivity index (χ1n) is 12.7. The van der Waals surface area contributed by atoms with Crippen LogP contribution >= 0.6 is 34.3 Å². The van der Waals surface area contributed by atoms with Crippen molar-refractivity contribution in [3.63, 3.8) is 0 Å². The summed E-state index contributed by atoms with van der Waals surface area (Å²) in [5.74, 6) is -0.771. The quantitative estimate of drug-likeness (QED) is 0.212. The second-order valence-electron chi connectivity index (χ2n) is 9.34. The summed E-state index contributed by atoms with van der Waals surface area (Å²) in [6.07, 6.45) is 3.44. The number of aryl methyl sites for hydroxylation is 2. The van der Waals surface area contributed by atoms with Crippen LogP contribution in [0.4, 0.5) is 11.4 Å². The number of carbonyl (C=O) groups excluding carboxylic acids is 3. The van der Waals surface area contributed by atoms with E-state index in [1.165, 1.54) is 11.3 Å². The normalized spacial score (nSPS) is 13.7. The number of pyridine rings is 1. The lowest BCUT2D eigenvalue weighted by atomic mass is 10.1. The molecule has 2 amide bonds. The summed E-state index contributed by atoms with van der Waals surface area (Å²) in [5.41, 5.74) is 5.34. The largest absolute Gasteiger partial charge is 0.462 e. The number of aromatic nitrogens is 1. The zero-order chi connectivity index (χ0) is 27.1. The summed E-state index contributed by atoms with van der Waals surface area (Å²) in [7, 11) is 0. The number of fused-ring (bicyclic) bond motifs is 4. The molecular formula is C29H24ClN3O4S2. The van der Waals surface area contributed by atoms with Gasteiger partial charge in [-0.15, -0.1) is 22.7 Å². The third-order valence-corrected chi connectivity index (χ3v) is 9.43. The molecule has 39 heavy (non-hydrogen) atoms. The number of esters is 1. The van der Waals surface area contributed by atoms with E-state index in [4.69, 9.17) is 16.3 Å². The average Bonchev–Trinajstić information content (AvgIpc) is 3.67. The number of hydrogen-bond acceptors (Lipinski definition) is 7. The van der Waals surface area contributed by atoms with Crippen LogP contribution in [0.25, 0.3) is 9.75 Å². The maximum Gasteiger partial charge on any atom is 0.348 e. The van der Waals surface area contributed by atoms with E-state index in [1.807, 2.05) is 23.6 Å². The molecule has 0 saturated heterocycles. The zero-order valence-electron chi connectivity index (χ0n) is 21.1. The zero-order valence-corrected chi connectivity index (χ0v) is 23.5. The lowest BCUT2D eigenvalue weighted by molar-refractivity contribution is 0.0531. The molecule has 0 atom stereocenters. The summed E-state index contributed by atoms with van der Waals surface area (Å²) in [6, 6.07) is 12.5. The number of ether oxygens (including phenoxy) is 1. The van der Waals surface area contributed by atoms with Crippen molar-refractivity contribution in [2.75, 3.05) is 23.4 Å². The van der Waals surface area contributed by atoms with Gasteiger partial charge in [0.2, 0.25) is 0 Å². The summed E-state index contributed by atoms with van der Waals surface area (Å²) < 4.78 is 5.18. The number of rotatable bonds is 5. The van der Waals surface area contributed by atoms with E-state index in [2.05, 4.69) is 10.3 Å². The Balaban J connectivity index is 1.19. The molecule has 0 fully saturated rings. The molecule has 1 aliphatic heterocycles. The average molecular weight is 578 g/mol. The van der Waals surface area contributed by atoms with E-state index in [1.54, 1.807) is 47.4 Å². The predicted molar refractivity (Wildman–Crippen MR) is 155 cm³/mol. The standard InChI is InChI=1S/C29H24ClN3O4S2/c1-2-37-29(36)23-15-18-10-12-33(22-11-13-38-25(22)24(18)39-23)28(35)16-6-8-19(9-7-16)31-27(34)20-14-17-4-3-5-21(17)32-26(20)30/h6-9,11,13-15H,2-5,10,12H2,1H3,(H,31,34). The van der Waals surface area contributed by atoms with Crippen LogP contribution in [0.15, 0.2) is 47.8 Å². The second kappa shape index (κ2) is 10.6. The number of hydrogen-bond donors (Lipinski definition) is 1. The minimum atomic E-state index is -0.329. The Bertz CT molecular complexity index is 1610. The van der Waals surface area contributed by atoms with E-state index in [9.17, 15) is 14.4 Å². The van der Waals surface area contributed by atoms with Gasteiger partial charge >= 0.3 is 5.97 Å². The minimum Gasteiger partial charge on any atom is -0.462 e. The summed E-state index contributed by atoms with van der Waals surface area (Å²) >= 11 is 9.25. The Kier molecular flexibility index (Phi) is 6.97. The van der Waals surface area contributed by atoms with E-state index >= 15 is 0 Å². The van der Waals surface area contributed by atoms with Gasteiger partial charge in [-0.1, -0.05) is 11.6 Å². The van der Waals surface area contributed by atoms with Crippen molar-refractivity contribution >= 4 is 63.4 Å². The summed E-state index contributed by atoms with van der Waals surface area (Å²) in [4.78, 5) is 47.5. The summed E-state index contributed by atoms with van der Waals surface area (Å²) in [6.45, 7) is 2.60. The van der Waals surface area contributed by atoms with Crippen LogP contribution in [0.2, 0.25) is 5.15 Å². The predicted octanol–water partition coefficient (Wildman–Crippen LogP) is 6.65. The molecule has 0 saturated carbocycles. The fourth-order valence-electron chi connectivity index (χ4n) is 5.01. The van der Waals surface area contributed by atoms with Gasteiger partial charge in [-0.05, 0) is 91.6 Å². The van der Waals surface area contributed by atoms with Gasteiger partial charge in [0.1, 0.15) is 10.0 Å². The second-order valence-corrected chi connectivity index (χ2v) is 11.7. The number of nitrogens with one attached hydrogen (secondary N) is 1. The van der Waals surface area contributed by atoms with Gasteiger partial charge in [0.15, 0.2) is 0 Å². The Morgan fingerprint density at radius 3 is 2.67 bits per heavy atom. The summed E-state index contributed by atoms with van der Waals surface area (Å²) in [5, 5.41) is 5.03. The highest BCUT2D eigenvalue weighted by Gasteiger charge is 2.29. The highest BCUT2D eigenvalue weighted by atomic mass is 35.5. The van der Waals surface area contributed by atoms with Gasteiger partial charge in [-0.2, -0.15) is 0 Å². The van der Waals surface area contributed by atoms with Gasteiger partial charge < -0.3 is 15.0 Å². The number of amides is 2. The SMILES string of the molecule is CCOC(=O)c1cc2c(s1)-c1sccc1N(C(=O)c1ccc(NC(=O)c3cc4c(nc3Cl)CCC4)cc1)CC2. The third-order valence-electron chi connectivity index (χ3n) is 6.92. The van der Waals surface area contributed by atoms with Crippen LogP contribution in [0.3, 0.4) is 0 Å². The third kappa shape index (κ3) is 4.86. The fourth-order valence-corrected chi connectivity index (χ4v) is 7.45. The van der Waals surface area contributed by atoms with Crippen LogP contribution in [0.1, 0.15) is 60.6 Å². The Labute approximate surface area is 238 Å². The molecule has 2 aliphatic rings. The number of halogens is 1. The van der Waals surface area contributed by atoms with Crippen LogP contribution < -0.4 is 10.2 Å². The maximum atomic E-state index is 13.6. The lowest BCUT2D eigenvalue weighted by Gasteiger charge is -2.21. The van der Waals surface area contributed by atoms with Crippen molar-refractivity contribution in [1.29, 1.82) is 0 Å². The van der Waals surface area contributed by atoms with E-state index in [0.29, 0.717) is 41.3 Å². The number of thiophene rings is 2.